The number of benzene rings is 1. The average molecular weight is 435 g/mol. The second kappa shape index (κ2) is 13.3. The fourth-order valence-electron chi connectivity index (χ4n) is 3.85. The van der Waals surface area contributed by atoms with Crippen LogP contribution < -0.4 is 4.90 Å². The van der Waals surface area contributed by atoms with E-state index in [-0.39, 0.29) is 0 Å². The first-order valence-electron chi connectivity index (χ1n) is 11.6. The highest BCUT2D eigenvalue weighted by Crippen LogP contribution is 2.31. The first-order valence-corrected chi connectivity index (χ1v) is 12.8. The molecule has 0 aliphatic carbocycles. The van der Waals surface area contributed by atoms with Crippen molar-refractivity contribution >= 4 is 28.1 Å². The number of anilines is 1. The summed E-state index contributed by atoms with van der Waals surface area (Å²) in [4.78, 5) is 7.64. The number of hydrogen-bond donors (Lipinski definition) is 0. The highest BCUT2D eigenvalue weighted by molar-refractivity contribution is 7.14. The van der Waals surface area contributed by atoms with Gasteiger partial charge in [-0.25, -0.2) is 4.98 Å². The fraction of sp³-hybridized carbons (Fsp3) is 0.640. The Balaban J connectivity index is 2.19. The van der Waals surface area contributed by atoms with Crippen molar-refractivity contribution in [3.63, 3.8) is 0 Å². The normalized spacial score (nSPS) is 13.4. The Hall–Kier alpha value is -1.06. The second-order valence-electron chi connectivity index (χ2n) is 8.26. The van der Waals surface area contributed by atoms with Crippen molar-refractivity contribution in [1.82, 2.24) is 4.98 Å². The van der Waals surface area contributed by atoms with Gasteiger partial charge in [0.15, 0.2) is 5.13 Å². The average Bonchev–Trinajstić information content (AvgIpc) is 3.23. The predicted molar refractivity (Wildman–Crippen MR) is 131 cm³/mol. The van der Waals surface area contributed by atoms with Gasteiger partial charge in [-0.3, -0.25) is 0 Å². The van der Waals surface area contributed by atoms with Crippen molar-refractivity contribution in [3.05, 3.63) is 34.7 Å². The van der Waals surface area contributed by atoms with Crippen LogP contribution in [0.3, 0.4) is 0 Å². The molecule has 0 aliphatic heterocycles. The Kier molecular flexibility index (Phi) is 11.1. The van der Waals surface area contributed by atoms with Crippen molar-refractivity contribution in [2.75, 3.05) is 18.0 Å². The maximum Gasteiger partial charge on any atom is 0.185 e. The fourth-order valence-corrected chi connectivity index (χ4v) is 4.83. The molecule has 0 spiro atoms. The zero-order valence-electron chi connectivity index (χ0n) is 18.8. The molecule has 0 fully saturated rings. The minimum absolute atomic E-state index is 0.751. The quantitative estimate of drug-likeness (QED) is 0.295. The van der Waals surface area contributed by atoms with Crippen LogP contribution in [0.2, 0.25) is 5.02 Å². The third-order valence-electron chi connectivity index (χ3n) is 5.95. The van der Waals surface area contributed by atoms with E-state index in [1.165, 1.54) is 56.5 Å². The first-order chi connectivity index (χ1) is 14.1. The minimum atomic E-state index is 0.751. The molecule has 4 heteroatoms. The molecule has 2 rings (SSSR count). The molecule has 0 saturated carbocycles. The van der Waals surface area contributed by atoms with Gasteiger partial charge in [-0.05, 0) is 36.8 Å². The molecule has 0 saturated heterocycles. The van der Waals surface area contributed by atoms with Gasteiger partial charge in [0.2, 0.25) is 0 Å². The summed E-state index contributed by atoms with van der Waals surface area (Å²) < 4.78 is 0. The van der Waals surface area contributed by atoms with Crippen LogP contribution in [0.1, 0.15) is 79.1 Å². The molecule has 2 aromatic rings. The lowest BCUT2D eigenvalue weighted by Crippen LogP contribution is -2.34. The SMILES string of the molecule is CCCCC(CC)CN(CC(CC)CCCC)c1nc(-c2ccc(Cl)cc2)cs1. The molecule has 162 valence electrons. The molecule has 0 N–H and O–H groups in total. The molecule has 0 aliphatic rings. The monoisotopic (exact) mass is 434 g/mol. The van der Waals surface area contributed by atoms with Crippen LogP contribution in [0.4, 0.5) is 5.13 Å². The van der Waals surface area contributed by atoms with Crippen molar-refractivity contribution in [2.24, 2.45) is 11.8 Å². The van der Waals surface area contributed by atoms with Gasteiger partial charge in [0.1, 0.15) is 0 Å². The van der Waals surface area contributed by atoms with Crippen LogP contribution >= 0.6 is 22.9 Å². The minimum Gasteiger partial charge on any atom is -0.348 e. The molecule has 29 heavy (non-hydrogen) atoms. The molecular weight excluding hydrogens is 396 g/mol. The van der Waals surface area contributed by atoms with Crippen molar-refractivity contribution in [1.29, 1.82) is 0 Å². The molecule has 2 unspecified atom stereocenters. The zero-order valence-corrected chi connectivity index (χ0v) is 20.4. The summed E-state index contributed by atoms with van der Waals surface area (Å²) in [6.07, 6.45) is 10.4. The summed E-state index contributed by atoms with van der Waals surface area (Å²) in [6, 6.07) is 8.03. The van der Waals surface area contributed by atoms with E-state index in [4.69, 9.17) is 16.6 Å². The van der Waals surface area contributed by atoms with E-state index in [1.54, 1.807) is 11.3 Å². The van der Waals surface area contributed by atoms with E-state index >= 15 is 0 Å². The number of unbranched alkanes of at least 4 members (excludes halogenated alkanes) is 2. The maximum atomic E-state index is 6.06. The van der Waals surface area contributed by atoms with Gasteiger partial charge < -0.3 is 4.90 Å². The van der Waals surface area contributed by atoms with Crippen molar-refractivity contribution in [2.45, 2.75) is 79.1 Å². The third-order valence-corrected chi connectivity index (χ3v) is 7.10. The summed E-state index contributed by atoms with van der Waals surface area (Å²) in [6.45, 7) is 11.5. The molecule has 1 aromatic carbocycles. The Morgan fingerprint density at radius 1 is 0.897 bits per heavy atom. The molecule has 2 atom stereocenters. The molecule has 0 amide bonds. The van der Waals surface area contributed by atoms with Crippen LogP contribution in [0.15, 0.2) is 29.6 Å². The topological polar surface area (TPSA) is 16.1 Å². The number of nitrogens with zero attached hydrogens (tertiary/aromatic N) is 2. The lowest BCUT2D eigenvalue weighted by atomic mass is 9.96. The van der Waals surface area contributed by atoms with Gasteiger partial charge in [0.25, 0.3) is 0 Å². The van der Waals surface area contributed by atoms with E-state index in [9.17, 15) is 0 Å². The van der Waals surface area contributed by atoms with Crippen LogP contribution in [-0.4, -0.2) is 18.1 Å². The summed E-state index contributed by atoms with van der Waals surface area (Å²) in [5, 5.41) is 4.15. The Morgan fingerprint density at radius 2 is 1.45 bits per heavy atom. The molecule has 2 nitrogen and oxygen atoms in total. The maximum absolute atomic E-state index is 6.06. The van der Waals surface area contributed by atoms with Crippen molar-refractivity contribution < 1.29 is 0 Å². The lowest BCUT2D eigenvalue weighted by Gasteiger charge is -2.30. The first kappa shape index (κ1) is 24.2. The third kappa shape index (κ3) is 7.94. The van der Waals surface area contributed by atoms with E-state index in [0.29, 0.717) is 0 Å². The van der Waals surface area contributed by atoms with E-state index in [2.05, 4.69) is 50.1 Å². The predicted octanol–water partition coefficient (Wildman–Crippen LogP) is 8.70. The molecular formula is C25H39ClN2S. The van der Waals surface area contributed by atoms with Gasteiger partial charge in [-0.1, -0.05) is 90.0 Å². The van der Waals surface area contributed by atoms with Gasteiger partial charge in [-0.2, -0.15) is 0 Å². The highest BCUT2D eigenvalue weighted by atomic mass is 35.5. The smallest absolute Gasteiger partial charge is 0.185 e. The standard InChI is InChI=1S/C25H39ClN2S/c1-5-9-11-20(7-3)17-28(18-21(8-4)12-10-6-2)25-27-24(19-29-25)22-13-15-23(26)16-14-22/h13-16,19-21H,5-12,17-18H2,1-4H3. The Bertz CT molecular complexity index is 664. The summed E-state index contributed by atoms with van der Waals surface area (Å²) in [5.41, 5.74) is 2.21. The number of rotatable bonds is 14. The zero-order chi connectivity index (χ0) is 21.1. The Labute approximate surface area is 187 Å². The largest absolute Gasteiger partial charge is 0.348 e. The molecule has 0 bridgehead atoms. The van der Waals surface area contributed by atoms with Gasteiger partial charge in [0, 0.05) is 29.1 Å². The number of thiazole rings is 1. The van der Waals surface area contributed by atoms with Gasteiger partial charge in [0.05, 0.1) is 5.69 Å². The molecule has 1 aromatic heterocycles. The lowest BCUT2D eigenvalue weighted by molar-refractivity contribution is 0.403. The number of hydrogen-bond acceptors (Lipinski definition) is 3. The molecule has 0 radical (unpaired) electrons. The van der Waals surface area contributed by atoms with E-state index in [1.807, 2.05) is 12.1 Å². The van der Waals surface area contributed by atoms with Gasteiger partial charge >= 0.3 is 0 Å². The number of aromatic nitrogens is 1. The van der Waals surface area contributed by atoms with Crippen LogP contribution in [0.5, 0.6) is 0 Å². The second-order valence-corrected chi connectivity index (χ2v) is 9.53. The van der Waals surface area contributed by atoms with Crippen molar-refractivity contribution in [3.8, 4) is 11.3 Å². The summed E-state index contributed by atoms with van der Waals surface area (Å²) in [7, 11) is 0. The van der Waals surface area contributed by atoms with E-state index < -0.39 is 0 Å². The summed E-state index contributed by atoms with van der Waals surface area (Å²) >= 11 is 7.85. The van der Waals surface area contributed by atoms with Crippen LogP contribution in [-0.2, 0) is 0 Å². The number of halogens is 1. The van der Waals surface area contributed by atoms with Crippen LogP contribution in [0.25, 0.3) is 11.3 Å². The molecule has 1 heterocycles. The summed E-state index contributed by atoms with van der Waals surface area (Å²) in [5.74, 6) is 1.50. The highest BCUT2D eigenvalue weighted by Gasteiger charge is 2.20. The van der Waals surface area contributed by atoms with Gasteiger partial charge in [-0.15, -0.1) is 11.3 Å². The van der Waals surface area contributed by atoms with Crippen LogP contribution in [0, 0.1) is 11.8 Å². The van der Waals surface area contributed by atoms with E-state index in [0.717, 1.165) is 41.2 Å². The Morgan fingerprint density at radius 3 is 1.93 bits per heavy atom.